The summed E-state index contributed by atoms with van der Waals surface area (Å²) in [7, 11) is 0. The van der Waals surface area contributed by atoms with Crippen LogP contribution in [0.4, 0.5) is 0 Å². The second-order valence-electron chi connectivity index (χ2n) is 5.75. The fourth-order valence-electron chi connectivity index (χ4n) is 2.32. The van der Waals surface area contributed by atoms with Gasteiger partial charge < -0.3 is 0 Å². The summed E-state index contributed by atoms with van der Waals surface area (Å²) in [6.07, 6.45) is 9.48. The Labute approximate surface area is 122 Å². The molecule has 0 aliphatic carbocycles. The molecule has 1 rings (SSSR count). The van der Waals surface area contributed by atoms with Gasteiger partial charge in [-0.1, -0.05) is 77.5 Å². The van der Waals surface area contributed by atoms with Crippen LogP contribution in [-0.2, 0) is 0 Å². The van der Waals surface area contributed by atoms with Crippen molar-refractivity contribution < 1.29 is 0 Å². The van der Waals surface area contributed by atoms with Crippen molar-refractivity contribution in [2.75, 3.05) is 0 Å². The standard InChI is InChI=1S/C20H24/c1-8-12-17-13-15(9-2)16(10-3)14-18(17)19(11-4)20(5,6)7/h8-14H,1-4H2,5-7H3/b17-12-,19-18+. The molecule has 0 unspecified atom stereocenters. The quantitative estimate of drug-likeness (QED) is 0.759. The van der Waals surface area contributed by atoms with Crippen LogP contribution in [0, 0.1) is 5.41 Å². The fraction of sp³-hybridized carbons (Fsp3) is 0.200. The van der Waals surface area contributed by atoms with Gasteiger partial charge in [0.05, 0.1) is 0 Å². The zero-order valence-corrected chi connectivity index (χ0v) is 12.9. The van der Waals surface area contributed by atoms with Crippen molar-refractivity contribution in [2.45, 2.75) is 20.8 Å². The van der Waals surface area contributed by atoms with Gasteiger partial charge in [-0.2, -0.15) is 0 Å². The molecule has 0 spiro atoms. The molecule has 0 N–H and O–H groups in total. The number of rotatable bonds is 4. The smallest absolute Gasteiger partial charge is 0.0126 e. The Bertz CT molecular complexity index is 661. The first kappa shape index (κ1) is 16.0. The SMILES string of the molecule is C=C/C=c1/cc(C=C)c(C=C)c/c1=C(/C=C)C(C)(C)C. The molecule has 0 radical (unpaired) electrons. The predicted molar refractivity (Wildman–Crippen MR) is 93.6 cm³/mol. The van der Waals surface area contributed by atoms with Crippen molar-refractivity contribution in [3.05, 3.63) is 72.2 Å². The van der Waals surface area contributed by atoms with Gasteiger partial charge in [0, 0.05) is 0 Å². The number of hydrogen-bond acceptors (Lipinski definition) is 0. The molecular formula is C20H24. The molecule has 0 saturated heterocycles. The van der Waals surface area contributed by atoms with E-state index in [0.29, 0.717) is 0 Å². The third-order valence-corrected chi connectivity index (χ3v) is 3.29. The molecular weight excluding hydrogens is 240 g/mol. The van der Waals surface area contributed by atoms with E-state index in [1.54, 1.807) is 0 Å². The van der Waals surface area contributed by atoms with Gasteiger partial charge in [0.1, 0.15) is 0 Å². The highest BCUT2D eigenvalue weighted by Crippen LogP contribution is 2.25. The first-order valence-electron chi connectivity index (χ1n) is 6.78. The Morgan fingerprint density at radius 1 is 0.950 bits per heavy atom. The number of benzene rings is 1. The zero-order valence-electron chi connectivity index (χ0n) is 12.9. The van der Waals surface area contributed by atoms with E-state index in [9.17, 15) is 0 Å². The maximum atomic E-state index is 3.98. The summed E-state index contributed by atoms with van der Waals surface area (Å²) >= 11 is 0. The van der Waals surface area contributed by atoms with Gasteiger partial charge in [0.2, 0.25) is 0 Å². The highest BCUT2D eigenvalue weighted by Gasteiger charge is 2.15. The van der Waals surface area contributed by atoms with Gasteiger partial charge in [-0.3, -0.25) is 0 Å². The lowest BCUT2D eigenvalue weighted by atomic mass is 9.84. The largest absolute Gasteiger partial charge is 0.0990 e. The third-order valence-electron chi connectivity index (χ3n) is 3.29. The van der Waals surface area contributed by atoms with Crippen molar-refractivity contribution in [2.24, 2.45) is 5.41 Å². The third kappa shape index (κ3) is 3.27. The van der Waals surface area contributed by atoms with E-state index in [-0.39, 0.29) is 5.41 Å². The molecule has 1 aromatic carbocycles. The minimum atomic E-state index is 0.0274. The first-order chi connectivity index (χ1) is 9.38. The molecule has 0 aromatic heterocycles. The highest BCUT2D eigenvalue weighted by atomic mass is 14.2. The average molecular weight is 264 g/mol. The Balaban J connectivity index is 4.05. The van der Waals surface area contributed by atoms with Gasteiger partial charge in [0.15, 0.2) is 0 Å². The molecule has 0 amide bonds. The van der Waals surface area contributed by atoms with E-state index in [2.05, 4.69) is 59.2 Å². The maximum absolute atomic E-state index is 3.98. The average Bonchev–Trinajstić information content (AvgIpc) is 2.39. The Hall–Kier alpha value is -2.08. The second-order valence-corrected chi connectivity index (χ2v) is 5.75. The normalized spacial score (nSPS) is 13.7. The van der Waals surface area contributed by atoms with E-state index in [1.165, 1.54) is 10.8 Å². The van der Waals surface area contributed by atoms with E-state index < -0.39 is 0 Å². The summed E-state index contributed by atoms with van der Waals surface area (Å²) in [5.41, 5.74) is 3.40. The minimum absolute atomic E-state index is 0.0274. The molecule has 0 aliphatic heterocycles. The minimum Gasteiger partial charge on any atom is -0.0990 e. The molecule has 104 valence electrons. The van der Waals surface area contributed by atoms with Gasteiger partial charge in [-0.05, 0) is 44.7 Å². The molecule has 0 aliphatic rings. The van der Waals surface area contributed by atoms with E-state index in [0.717, 1.165) is 16.3 Å². The number of allylic oxidation sites excluding steroid dienone is 2. The predicted octanol–water partition coefficient (Wildman–Crippen LogP) is 4.32. The lowest BCUT2D eigenvalue weighted by Crippen LogP contribution is -2.31. The summed E-state index contributed by atoms with van der Waals surface area (Å²) in [5.74, 6) is 0. The van der Waals surface area contributed by atoms with Gasteiger partial charge in [0.25, 0.3) is 0 Å². The van der Waals surface area contributed by atoms with Crippen LogP contribution in [0.15, 0.2) is 50.6 Å². The van der Waals surface area contributed by atoms with Crippen molar-refractivity contribution in [1.82, 2.24) is 0 Å². The summed E-state index contributed by atoms with van der Waals surface area (Å²) in [6, 6.07) is 4.28. The summed E-state index contributed by atoms with van der Waals surface area (Å²) in [6.45, 7) is 22.1. The lowest BCUT2D eigenvalue weighted by Gasteiger charge is -2.21. The Kier molecular flexibility index (Phi) is 5.10. The van der Waals surface area contributed by atoms with Crippen molar-refractivity contribution in [3.8, 4) is 0 Å². The maximum Gasteiger partial charge on any atom is -0.0126 e. The monoisotopic (exact) mass is 264 g/mol. The van der Waals surface area contributed by atoms with Crippen LogP contribution in [0.5, 0.6) is 0 Å². The van der Waals surface area contributed by atoms with Crippen molar-refractivity contribution >= 4 is 23.8 Å². The molecule has 1 aromatic rings. The van der Waals surface area contributed by atoms with Crippen LogP contribution in [0.3, 0.4) is 0 Å². The fourth-order valence-corrected chi connectivity index (χ4v) is 2.32. The van der Waals surface area contributed by atoms with Crippen molar-refractivity contribution in [1.29, 1.82) is 0 Å². The van der Waals surface area contributed by atoms with Crippen LogP contribution in [0.1, 0.15) is 31.9 Å². The second kappa shape index (κ2) is 6.38. The van der Waals surface area contributed by atoms with Gasteiger partial charge in [-0.25, -0.2) is 0 Å². The lowest BCUT2D eigenvalue weighted by molar-refractivity contribution is 0.566. The van der Waals surface area contributed by atoms with Crippen LogP contribution >= 0.6 is 0 Å². The van der Waals surface area contributed by atoms with Crippen LogP contribution in [-0.4, -0.2) is 0 Å². The first-order valence-corrected chi connectivity index (χ1v) is 6.78. The van der Waals surface area contributed by atoms with E-state index in [4.69, 9.17) is 0 Å². The Morgan fingerprint density at radius 2 is 1.50 bits per heavy atom. The van der Waals surface area contributed by atoms with Crippen LogP contribution < -0.4 is 10.4 Å². The number of hydrogen-bond donors (Lipinski definition) is 0. The van der Waals surface area contributed by atoms with Crippen molar-refractivity contribution in [3.63, 3.8) is 0 Å². The molecule has 0 saturated carbocycles. The summed E-state index contributed by atoms with van der Waals surface area (Å²) < 4.78 is 0. The van der Waals surface area contributed by atoms with Gasteiger partial charge >= 0.3 is 0 Å². The summed E-state index contributed by atoms with van der Waals surface area (Å²) in [4.78, 5) is 0. The topological polar surface area (TPSA) is 0 Å². The summed E-state index contributed by atoms with van der Waals surface area (Å²) in [5, 5.41) is 2.30. The molecule has 0 nitrogen and oxygen atoms in total. The van der Waals surface area contributed by atoms with Crippen LogP contribution in [0.2, 0.25) is 0 Å². The molecule has 0 heteroatoms. The molecule has 0 fully saturated rings. The molecule has 0 atom stereocenters. The Morgan fingerprint density at radius 3 is 1.90 bits per heavy atom. The zero-order chi connectivity index (χ0) is 15.3. The van der Waals surface area contributed by atoms with Gasteiger partial charge in [-0.15, -0.1) is 0 Å². The van der Waals surface area contributed by atoms with E-state index in [1.807, 2.05) is 30.4 Å². The molecule has 0 bridgehead atoms. The highest BCUT2D eigenvalue weighted by molar-refractivity contribution is 5.68. The molecule has 0 heterocycles. The van der Waals surface area contributed by atoms with Crippen LogP contribution in [0.25, 0.3) is 23.8 Å². The molecule has 20 heavy (non-hydrogen) atoms. The van der Waals surface area contributed by atoms with E-state index >= 15 is 0 Å².